The number of nitrogens with one attached hydrogen (secondary N) is 2. The van der Waals surface area contributed by atoms with Crippen molar-refractivity contribution in [2.45, 2.75) is 6.92 Å². The average Bonchev–Trinajstić information content (AvgIpc) is 2.45. The van der Waals surface area contributed by atoms with Gasteiger partial charge in [0.15, 0.2) is 5.11 Å². The van der Waals surface area contributed by atoms with Crippen molar-refractivity contribution in [3.05, 3.63) is 57.6 Å². The Hall–Kier alpha value is -1.82. The second kappa shape index (κ2) is 6.96. The normalized spacial score (nSPS) is 10.1. The van der Waals surface area contributed by atoms with E-state index in [-0.39, 0.29) is 10.7 Å². The fourth-order valence-corrected chi connectivity index (χ4v) is 2.32. The predicted octanol–water partition coefficient (Wildman–Crippen LogP) is 4.81. The molecule has 0 aliphatic rings. The highest BCUT2D eigenvalue weighted by Crippen LogP contribution is 2.26. The molecule has 0 amide bonds. The van der Waals surface area contributed by atoms with E-state index in [0.29, 0.717) is 21.4 Å². The third-order valence-corrected chi connectivity index (χ3v) is 3.68. The Kier molecular flexibility index (Phi) is 5.24. The highest BCUT2D eigenvalue weighted by atomic mass is 35.5. The first-order valence-electron chi connectivity index (χ1n) is 6.24. The van der Waals surface area contributed by atoms with Gasteiger partial charge in [-0.25, -0.2) is 4.79 Å². The van der Waals surface area contributed by atoms with Crippen LogP contribution >= 0.6 is 35.4 Å². The Morgan fingerprint density at radius 2 is 1.77 bits per heavy atom. The van der Waals surface area contributed by atoms with Crippen molar-refractivity contribution < 1.29 is 9.90 Å². The fourth-order valence-electron chi connectivity index (χ4n) is 1.76. The van der Waals surface area contributed by atoms with Crippen LogP contribution in [0.15, 0.2) is 36.4 Å². The number of carboxylic acid groups (broad SMARTS) is 1. The van der Waals surface area contributed by atoms with Gasteiger partial charge in [0.05, 0.1) is 16.3 Å². The Morgan fingerprint density at radius 3 is 2.45 bits per heavy atom. The molecular formula is C15H12Cl2N2O2S. The minimum atomic E-state index is -1.00. The van der Waals surface area contributed by atoms with Crippen molar-refractivity contribution in [3.63, 3.8) is 0 Å². The summed E-state index contributed by atoms with van der Waals surface area (Å²) in [5, 5.41) is 16.2. The number of hydrogen-bond acceptors (Lipinski definition) is 2. The first-order chi connectivity index (χ1) is 10.4. The molecule has 0 unspecified atom stereocenters. The van der Waals surface area contributed by atoms with Crippen LogP contribution in [0, 0.1) is 6.92 Å². The zero-order valence-electron chi connectivity index (χ0n) is 11.5. The maximum Gasteiger partial charge on any atom is 0.335 e. The van der Waals surface area contributed by atoms with Gasteiger partial charge < -0.3 is 15.7 Å². The lowest BCUT2D eigenvalue weighted by molar-refractivity contribution is 0.0697. The van der Waals surface area contributed by atoms with Crippen molar-refractivity contribution in [2.75, 3.05) is 10.6 Å². The Balaban J connectivity index is 2.17. The van der Waals surface area contributed by atoms with E-state index in [2.05, 4.69) is 10.6 Å². The van der Waals surface area contributed by atoms with Crippen molar-refractivity contribution in [2.24, 2.45) is 0 Å². The molecule has 4 nitrogen and oxygen atoms in total. The number of carbonyl (C=O) groups is 1. The van der Waals surface area contributed by atoms with Gasteiger partial charge in [0.25, 0.3) is 0 Å². The summed E-state index contributed by atoms with van der Waals surface area (Å²) in [6.45, 7) is 1.85. The number of hydrogen-bond donors (Lipinski definition) is 3. The second-order valence-electron chi connectivity index (χ2n) is 4.54. The van der Waals surface area contributed by atoms with E-state index in [1.807, 2.05) is 6.92 Å². The van der Waals surface area contributed by atoms with E-state index in [9.17, 15) is 4.79 Å². The minimum Gasteiger partial charge on any atom is -0.478 e. The monoisotopic (exact) mass is 354 g/mol. The summed E-state index contributed by atoms with van der Waals surface area (Å²) < 4.78 is 0. The van der Waals surface area contributed by atoms with Crippen molar-refractivity contribution in [1.82, 2.24) is 0 Å². The van der Waals surface area contributed by atoms with Gasteiger partial charge in [-0.05, 0) is 55.0 Å². The quantitative estimate of drug-likeness (QED) is 0.690. The van der Waals surface area contributed by atoms with Gasteiger partial charge in [0, 0.05) is 10.7 Å². The topological polar surface area (TPSA) is 61.4 Å². The van der Waals surface area contributed by atoms with Crippen LogP contribution in [0.2, 0.25) is 10.0 Å². The fraction of sp³-hybridized carbons (Fsp3) is 0.0667. The molecule has 0 atom stereocenters. The van der Waals surface area contributed by atoms with Crippen LogP contribution < -0.4 is 10.6 Å². The maximum absolute atomic E-state index is 11.0. The number of benzene rings is 2. The highest BCUT2D eigenvalue weighted by molar-refractivity contribution is 7.80. The molecule has 0 saturated heterocycles. The molecule has 0 aromatic heterocycles. The summed E-state index contributed by atoms with van der Waals surface area (Å²) in [5.74, 6) is -1.00. The zero-order valence-corrected chi connectivity index (χ0v) is 13.8. The van der Waals surface area contributed by atoms with Gasteiger partial charge >= 0.3 is 5.97 Å². The highest BCUT2D eigenvalue weighted by Gasteiger charge is 2.09. The van der Waals surface area contributed by atoms with Crippen LogP contribution in [0.25, 0.3) is 0 Å². The van der Waals surface area contributed by atoms with Crippen LogP contribution in [0.5, 0.6) is 0 Å². The second-order valence-corrected chi connectivity index (χ2v) is 5.79. The summed E-state index contributed by atoms with van der Waals surface area (Å²) in [6, 6.07) is 9.74. The third-order valence-electron chi connectivity index (χ3n) is 2.91. The molecule has 0 saturated carbocycles. The van der Waals surface area contributed by atoms with Gasteiger partial charge in [-0.1, -0.05) is 29.3 Å². The van der Waals surface area contributed by atoms with Crippen LogP contribution in [-0.4, -0.2) is 16.2 Å². The smallest absolute Gasteiger partial charge is 0.335 e. The molecule has 0 aliphatic heterocycles. The first-order valence-corrected chi connectivity index (χ1v) is 7.40. The van der Waals surface area contributed by atoms with Crippen LogP contribution in [-0.2, 0) is 0 Å². The lowest BCUT2D eigenvalue weighted by Crippen LogP contribution is -2.20. The Bertz CT molecular complexity index is 750. The molecule has 22 heavy (non-hydrogen) atoms. The lowest BCUT2D eigenvalue weighted by Gasteiger charge is -2.14. The molecule has 3 N–H and O–H groups in total. The summed E-state index contributed by atoms with van der Waals surface area (Å²) in [6.07, 6.45) is 0. The van der Waals surface area contributed by atoms with Crippen molar-refractivity contribution in [1.29, 1.82) is 0 Å². The Morgan fingerprint density at radius 1 is 1.09 bits per heavy atom. The van der Waals surface area contributed by atoms with E-state index < -0.39 is 5.97 Å². The molecule has 0 aliphatic carbocycles. The van der Waals surface area contributed by atoms with Gasteiger partial charge in [-0.15, -0.1) is 0 Å². The molecule has 114 valence electrons. The van der Waals surface area contributed by atoms with Crippen molar-refractivity contribution in [3.8, 4) is 0 Å². The number of thiocarbonyl (C=S) groups is 1. The summed E-state index contributed by atoms with van der Waals surface area (Å²) in [4.78, 5) is 11.0. The van der Waals surface area contributed by atoms with Crippen LogP contribution in [0.3, 0.4) is 0 Å². The molecule has 2 aromatic carbocycles. The van der Waals surface area contributed by atoms with Crippen LogP contribution in [0.4, 0.5) is 11.4 Å². The Labute approximate surface area is 143 Å². The van der Waals surface area contributed by atoms with E-state index in [0.717, 1.165) is 5.56 Å². The molecule has 0 bridgehead atoms. The molecule has 2 aromatic rings. The molecular weight excluding hydrogens is 343 g/mol. The van der Waals surface area contributed by atoms with E-state index >= 15 is 0 Å². The standard InChI is InChI=1S/C15H12Cl2N2O2S/c1-8-2-3-9(14(20)21)6-12(8)18-15(22)19-13-7-10(16)4-5-11(13)17/h2-7H,1H3,(H,20,21)(H2,18,19,22). The van der Waals surface area contributed by atoms with Gasteiger partial charge in [0.1, 0.15) is 0 Å². The number of carboxylic acids is 1. The SMILES string of the molecule is Cc1ccc(C(=O)O)cc1NC(=S)Nc1cc(Cl)ccc1Cl. The molecule has 0 spiro atoms. The number of rotatable bonds is 3. The summed E-state index contributed by atoms with van der Waals surface area (Å²) in [5.41, 5.74) is 2.22. The minimum absolute atomic E-state index is 0.177. The molecule has 2 rings (SSSR count). The molecule has 0 radical (unpaired) electrons. The number of anilines is 2. The number of halogens is 2. The first kappa shape index (κ1) is 16.5. The van der Waals surface area contributed by atoms with Gasteiger partial charge in [0.2, 0.25) is 0 Å². The van der Waals surface area contributed by atoms with E-state index in [1.165, 1.54) is 12.1 Å². The molecule has 7 heteroatoms. The predicted molar refractivity (Wildman–Crippen MR) is 94.4 cm³/mol. The third kappa shape index (κ3) is 4.10. The zero-order chi connectivity index (χ0) is 16.3. The average molecular weight is 355 g/mol. The van der Waals surface area contributed by atoms with E-state index in [1.54, 1.807) is 24.3 Å². The summed E-state index contributed by atoms with van der Waals surface area (Å²) >= 11 is 17.2. The van der Waals surface area contributed by atoms with E-state index in [4.69, 9.17) is 40.5 Å². The number of aryl methyl sites for hydroxylation is 1. The number of aromatic carboxylic acids is 1. The summed E-state index contributed by atoms with van der Waals surface area (Å²) in [7, 11) is 0. The molecule has 0 heterocycles. The van der Waals surface area contributed by atoms with Crippen LogP contribution in [0.1, 0.15) is 15.9 Å². The largest absolute Gasteiger partial charge is 0.478 e. The maximum atomic E-state index is 11.0. The molecule has 0 fully saturated rings. The van der Waals surface area contributed by atoms with Gasteiger partial charge in [-0.3, -0.25) is 0 Å². The lowest BCUT2D eigenvalue weighted by atomic mass is 10.1. The van der Waals surface area contributed by atoms with Gasteiger partial charge in [-0.2, -0.15) is 0 Å². The van der Waals surface area contributed by atoms with Crippen molar-refractivity contribution >= 4 is 57.9 Å².